The van der Waals surface area contributed by atoms with Crippen molar-refractivity contribution in [1.29, 1.82) is 0 Å². The smallest absolute Gasteiger partial charge is 0.0775 e. The highest BCUT2D eigenvalue weighted by Crippen LogP contribution is 2.16. The van der Waals surface area contributed by atoms with Crippen molar-refractivity contribution >= 4 is 24.6 Å². The van der Waals surface area contributed by atoms with E-state index in [0.717, 1.165) is 13.0 Å². The zero-order valence-corrected chi connectivity index (χ0v) is 15.7. The van der Waals surface area contributed by atoms with Gasteiger partial charge < -0.3 is 5.32 Å². The fourth-order valence-corrected chi connectivity index (χ4v) is 4.57. The number of thiophene rings is 1. The maximum Gasteiger partial charge on any atom is 0.0775 e. The van der Waals surface area contributed by atoms with Crippen molar-refractivity contribution in [2.75, 3.05) is 0 Å². The fourth-order valence-electron chi connectivity index (χ4n) is 2.38. The third kappa shape index (κ3) is 5.10. The molecular weight excluding hydrogens is 290 g/mol. The lowest BCUT2D eigenvalue weighted by Crippen LogP contribution is -2.37. The van der Waals surface area contributed by atoms with Crippen LogP contribution in [0.4, 0.5) is 0 Å². The minimum absolute atomic E-state index is 0.514. The fraction of sp³-hybridized carbons (Fsp3) is 0.444. The summed E-state index contributed by atoms with van der Waals surface area (Å²) in [5.41, 5.74) is 1.38. The summed E-state index contributed by atoms with van der Waals surface area (Å²) in [5, 5.41) is 5.17. The van der Waals surface area contributed by atoms with Crippen LogP contribution < -0.4 is 10.5 Å². The molecule has 0 saturated heterocycles. The Bertz CT molecular complexity index is 566. The van der Waals surface area contributed by atoms with Crippen molar-refractivity contribution in [3.63, 3.8) is 0 Å². The lowest BCUT2D eigenvalue weighted by molar-refractivity contribution is 0.548. The Labute approximate surface area is 134 Å². The number of hydrogen-bond acceptors (Lipinski definition) is 2. The monoisotopic (exact) mass is 317 g/mol. The molecule has 1 heterocycles. The number of nitrogens with one attached hydrogen (secondary N) is 1. The van der Waals surface area contributed by atoms with Crippen LogP contribution in [0.3, 0.4) is 0 Å². The Balaban J connectivity index is 1.85. The van der Waals surface area contributed by atoms with Gasteiger partial charge in [0.05, 0.1) is 8.07 Å². The van der Waals surface area contributed by atoms with E-state index in [0.29, 0.717) is 6.04 Å². The summed E-state index contributed by atoms with van der Waals surface area (Å²) >= 11 is 1.91. The lowest BCUT2D eigenvalue weighted by Gasteiger charge is -2.17. The Morgan fingerprint density at radius 1 is 1.05 bits per heavy atom. The molecule has 0 amide bonds. The number of aryl methyl sites for hydroxylation is 1. The van der Waals surface area contributed by atoms with Gasteiger partial charge in [-0.2, -0.15) is 0 Å². The number of hydrogen-bond donors (Lipinski definition) is 1. The van der Waals surface area contributed by atoms with Gasteiger partial charge >= 0.3 is 0 Å². The molecule has 3 heteroatoms. The van der Waals surface area contributed by atoms with Crippen molar-refractivity contribution in [3.05, 3.63) is 51.7 Å². The highest BCUT2D eigenvalue weighted by atomic mass is 32.1. The first kappa shape index (κ1) is 16.5. The molecule has 114 valence electrons. The molecule has 1 atom stereocenters. The van der Waals surface area contributed by atoms with Gasteiger partial charge in [0, 0.05) is 22.3 Å². The predicted molar refractivity (Wildman–Crippen MR) is 98.5 cm³/mol. The molecule has 0 saturated carbocycles. The van der Waals surface area contributed by atoms with E-state index in [9.17, 15) is 0 Å². The molecular formula is C18H27NSSi. The molecule has 21 heavy (non-hydrogen) atoms. The van der Waals surface area contributed by atoms with Gasteiger partial charge in [0.2, 0.25) is 0 Å². The van der Waals surface area contributed by atoms with Crippen LogP contribution in [0.15, 0.2) is 36.4 Å². The molecule has 0 radical (unpaired) electrons. The first-order chi connectivity index (χ1) is 9.84. The minimum Gasteiger partial charge on any atom is -0.310 e. The SMILES string of the molecule is Cc1ccc(CC(C)NCc2ccc([Si](C)(C)C)cc2)s1. The Hall–Kier alpha value is -0.903. The predicted octanol–water partition coefficient (Wildman–Crippen LogP) is 4.32. The number of benzene rings is 1. The molecule has 0 spiro atoms. The zero-order valence-electron chi connectivity index (χ0n) is 13.9. The average Bonchev–Trinajstić information content (AvgIpc) is 2.81. The van der Waals surface area contributed by atoms with E-state index in [1.54, 1.807) is 0 Å². The van der Waals surface area contributed by atoms with Gasteiger partial charge in [0.25, 0.3) is 0 Å². The molecule has 1 aromatic heterocycles. The van der Waals surface area contributed by atoms with E-state index >= 15 is 0 Å². The van der Waals surface area contributed by atoms with Crippen LogP contribution in [0, 0.1) is 6.92 Å². The van der Waals surface area contributed by atoms with E-state index in [2.05, 4.69) is 75.2 Å². The standard InChI is InChI=1S/C18H27NSSi/c1-14(12-17-9-6-15(2)20-17)19-13-16-7-10-18(11-8-16)21(3,4)5/h6-11,14,19H,12-13H2,1-5H3. The van der Waals surface area contributed by atoms with Crippen molar-refractivity contribution in [3.8, 4) is 0 Å². The second kappa shape index (κ2) is 6.90. The van der Waals surface area contributed by atoms with Crippen LogP contribution in [0.5, 0.6) is 0 Å². The van der Waals surface area contributed by atoms with Crippen LogP contribution in [0.1, 0.15) is 22.2 Å². The molecule has 1 N–H and O–H groups in total. The number of rotatable bonds is 6. The highest BCUT2D eigenvalue weighted by Gasteiger charge is 2.15. The summed E-state index contributed by atoms with van der Waals surface area (Å²) in [7, 11) is -1.17. The quantitative estimate of drug-likeness (QED) is 0.782. The van der Waals surface area contributed by atoms with Gasteiger partial charge in [0.1, 0.15) is 0 Å². The van der Waals surface area contributed by atoms with Crippen LogP contribution >= 0.6 is 11.3 Å². The summed E-state index contributed by atoms with van der Waals surface area (Å²) in [6.45, 7) is 12.6. The van der Waals surface area contributed by atoms with E-state index in [-0.39, 0.29) is 0 Å². The third-order valence-electron chi connectivity index (χ3n) is 3.78. The Kier molecular flexibility index (Phi) is 5.41. The van der Waals surface area contributed by atoms with Crippen LogP contribution in [0.25, 0.3) is 0 Å². The summed E-state index contributed by atoms with van der Waals surface area (Å²) < 4.78 is 0. The summed E-state index contributed by atoms with van der Waals surface area (Å²) in [5.74, 6) is 0. The van der Waals surface area contributed by atoms with Crippen molar-refractivity contribution in [2.45, 2.75) is 52.5 Å². The topological polar surface area (TPSA) is 12.0 Å². The third-order valence-corrected chi connectivity index (χ3v) is 6.87. The molecule has 1 nitrogen and oxygen atoms in total. The molecule has 0 aliphatic heterocycles. The molecule has 2 rings (SSSR count). The van der Waals surface area contributed by atoms with Gasteiger partial charge in [0.15, 0.2) is 0 Å². The van der Waals surface area contributed by atoms with E-state index in [4.69, 9.17) is 0 Å². The van der Waals surface area contributed by atoms with E-state index < -0.39 is 8.07 Å². The van der Waals surface area contributed by atoms with Crippen LogP contribution in [-0.2, 0) is 13.0 Å². The van der Waals surface area contributed by atoms with Crippen molar-refractivity contribution in [2.24, 2.45) is 0 Å². The Morgan fingerprint density at radius 3 is 2.24 bits per heavy atom. The van der Waals surface area contributed by atoms with E-state index in [1.807, 2.05) is 11.3 Å². The minimum atomic E-state index is -1.17. The normalized spacial score (nSPS) is 13.4. The average molecular weight is 318 g/mol. The zero-order chi connectivity index (χ0) is 15.5. The van der Waals surface area contributed by atoms with Gasteiger partial charge in [-0.25, -0.2) is 0 Å². The molecule has 0 aliphatic rings. The summed E-state index contributed by atoms with van der Waals surface area (Å²) in [6.07, 6.45) is 1.12. The van der Waals surface area contributed by atoms with Gasteiger partial charge in [-0.3, -0.25) is 0 Å². The molecule has 0 fully saturated rings. The molecule has 1 aromatic carbocycles. The van der Waals surface area contributed by atoms with Gasteiger partial charge in [-0.1, -0.05) is 49.1 Å². The molecule has 1 unspecified atom stereocenters. The van der Waals surface area contributed by atoms with Crippen molar-refractivity contribution < 1.29 is 0 Å². The first-order valence-corrected chi connectivity index (χ1v) is 12.0. The maximum atomic E-state index is 3.63. The van der Waals surface area contributed by atoms with E-state index in [1.165, 1.54) is 20.5 Å². The highest BCUT2D eigenvalue weighted by molar-refractivity contribution is 7.11. The second-order valence-electron chi connectivity index (χ2n) is 6.95. The second-order valence-corrected chi connectivity index (χ2v) is 13.4. The van der Waals surface area contributed by atoms with Gasteiger partial charge in [-0.15, -0.1) is 11.3 Å². The van der Waals surface area contributed by atoms with Crippen molar-refractivity contribution in [1.82, 2.24) is 5.32 Å². The van der Waals surface area contributed by atoms with Gasteiger partial charge in [-0.05, 0) is 38.0 Å². The molecule has 0 bridgehead atoms. The van der Waals surface area contributed by atoms with Crippen LogP contribution in [-0.4, -0.2) is 14.1 Å². The first-order valence-electron chi connectivity index (χ1n) is 7.73. The molecule has 0 aliphatic carbocycles. The van der Waals surface area contributed by atoms with Crippen LogP contribution in [0.2, 0.25) is 19.6 Å². The maximum absolute atomic E-state index is 3.63. The lowest BCUT2D eigenvalue weighted by atomic mass is 10.1. The summed E-state index contributed by atoms with van der Waals surface area (Å²) in [6, 6.07) is 14.2. The molecule has 2 aromatic rings. The summed E-state index contributed by atoms with van der Waals surface area (Å²) in [4.78, 5) is 2.88. The Morgan fingerprint density at radius 2 is 1.71 bits per heavy atom. The largest absolute Gasteiger partial charge is 0.310 e.